The third-order valence-corrected chi connectivity index (χ3v) is 4.79. The smallest absolute Gasteiger partial charge is 0.0937 e. The lowest BCUT2D eigenvalue weighted by molar-refractivity contribution is 0.575. The largest absolute Gasteiger partial charge is 0.310 e. The molecule has 0 aliphatic carbocycles. The Bertz CT molecular complexity index is 646. The summed E-state index contributed by atoms with van der Waals surface area (Å²) in [4.78, 5) is 8.77. The van der Waals surface area contributed by atoms with Crippen LogP contribution in [0.25, 0.3) is 10.2 Å². The van der Waals surface area contributed by atoms with Crippen LogP contribution in [0.1, 0.15) is 23.5 Å². The van der Waals surface area contributed by atoms with Gasteiger partial charge in [-0.05, 0) is 30.0 Å². The van der Waals surface area contributed by atoms with Gasteiger partial charge in [0, 0.05) is 36.8 Å². The van der Waals surface area contributed by atoms with Gasteiger partial charge in [-0.1, -0.05) is 0 Å². The van der Waals surface area contributed by atoms with Gasteiger partial charge in [-0.3, -0.25) is 4.98 Å². The Balaban J connectivity index is 1.61. The molecular formula is C14H15N3S2. The Kier molecular flexibility index (Phi) is 3.87. The van der Waals surface area contributed by atoms with Gasteiger partial charge in [0.25, 0.3) is 0 Å². The summed E-state index contributed by atoms with van der Waals surface area (Å²) in [6, 6.07) is 4.61. The molecule has 98 valence electrons. The number of nitrogens with one attached hydrogen (secondary N) is 1. The molecule has 0 saturated carbocycles. The second kappa shape index (κ2) is 5.77. The maximum Gasteiger partial charge on any atom is 0.0937 e. The summed E-state index contributed by atoms with van der Waals surface area (Å²) in [7, 11) is 0. The van der Waals surface area contributed by atoms with Gasteiger partial charge in [-0.2, -0.15) is 0 Å². The number of nitrogens with zero attached hydrogens (tertiary/aromatic N) is 2. The number of thiazole rings is 1. The third-order valence-electron chi connectivity index (χ3n) is 3.10. The average Bonchev–Trinajstić information content (AvgIpc) is 3.08. The highest BCUT2D eigenvalue weighted by Crippen LogP contribution is 2.22. The van der Waals surface area contributed by atoms with Crippen LogP contribution in [0.2, 0.25) is 0 Å². The molecule has 0 spiro atoms. The van der Waals surface area contributed by atoms with Gasteiger partial charge in [0.15, 0.2) is 0 Å². The number of thiophene rings is 1. The number of hydrogen-bond acceptors (Lipinski definition) is 5. The van der Waals surface area contributed by atoms with Gasteiger partial charge in [0.1, 0.15) is 0 Å². The summed E-state index contributed by atoms with van der Waals surface area (Å²) >= 11 is 3.45. The molecule has 1 unspecified atom stereocenters. The monoisotopic (exact) mass is 289 g/mol. The Hall–Kier alpha value is -1.30. The first-order valence-electron chi connectivity index (χ1n) is 6.28. The van der Waals surface area contributed by atoms with Crippen molar-refractivity contribution in [2.75, 3.05) is 6.54 Å². The minimum Gasteiger partial charge on any atom is -0.310 e. The fourth-order valence-electron chi connectivity index (χ4n) is 1.99. The van der Waals surface area contributed by atoms with Gasteiger partial charge >= 0.3 is 0 Å². The predicted molar refractivity (Wildman–Crippen MR) is 81.9 cm³/mol. The van der Waals surface area contributed by atoms with E-state index in [1.807, 2.05) is 17.8 Å². The van der Waals surface area contributed by atoms with Crippen LogP contribution in [-0.2, 0) is 6.42 Å². The quantitative estimate of drug-likeness (QED) is 0.779. The van der Waals surface area contributed by atoms with E-state index in [0.29, 0.717) is 6.04 Å². The molecule has 3 aromatic heterocycles. The molecule has 3 heterocycles. The van der Waals surface area contributed by atoms with E-state index in [1.165, 1.54) is 15.3 Å². The zero-order valence-corrected chi connectivity index (χ0v) is 12.3. The first kappa shape index (κ1) is 12.7. The minimum absolute atomic E-state index is 0.318. The topological polar surface area (TPSA) is 37.8 Å². The zero-order chi connectivity index (χ0) is 13.1. The van der Waals surface area contributed by atoms with Crippen LogP contribution in [0, 0.1) is 0 Å². The van der Waals surface area contributed by atoms with Crippen molar-refractivity contribution in [2.24, 2.45) is 0 Å². The first-order chi connectivity index (χ1) is 9.33. The second-order valence-electron chi connectivity index (χ2n) is 4.42. The van der Waals surface area contributed by atoms with Crippen molar-refractivity contribution < 1.29 is 0 Å². The van der Waals surface area contributed by atoms with E-state index in [0.717, 1.165) is 18.5 Å². The number of pyridine rings is 1. The minimum atomic E-state index is 0.318. The van der Waals surface area contributed by atoms with Crippen molar-refractivity contribution >= 4 is 32.9 Å². The van der Waals surface area contributed by atoms with Crippen molar-refractivity contribution in [3.63, 3.8) is 0 Å². The van der Waals surface area contributed by atoms with Gasteiger partial charge < -0.3 is 5.32 Å². The number of aromatic nitrogens is 2. The maximum atomic E-state index is 4.48. The van der Waals surface area contributed by atoms with E-state index >= 15 is 0 Å². The molecule has 3 aromatic rings. The molecule has 0 radical (unpaired) electrons. The average molecular weight is 289 g/mol. The standard InChI is InChI=1S/C14H15N3S2/c1-10(15-4-2-14-16-5-7-19-14)11-8-13-12(17-9-11)3-6-18-13/h3,5-10,15H,2,4H2,1H3. The van der Waals surface area contributed by atoms with Crippen LogP contribution in [0.15, 0.2) is 35.3 Å². The third kappa shape index (κ3) is 3.00. The Morgan fingerprint density at radius 1 is 1.26 bits per heavy atom. The summed E-state index contributed by atoms with van der Waals surface area (Å²) in [6.45, 7) is 3.12. The summed E-state index contributed by atoms with van der Waals surface area (Å²) in [5.41, 5.74) is 2.33. The fraction of sp³-hybridized carbons (Fsp3) is 0.286. The normalized spacial score (nSPS) is 12.9. The van der Waals surface area contributed by atoms with Crippen LogP contribution in [0.3, 0.4) is 0 Å². The molecule has 3 rings (SSSR count). The summed E-state index contributed by atoms with van der Waals surface area (Å²) < 4.78 is 1.26. The van der Waals surface area contributed by atoms with Gasteiger partial charge in [0.05, 0.1) is 15.2 Å². The highest BCUT2D eigenvalue weighted by atomic mass is 32.1. The second-order valence-corrected chi connectivity index (χ2v) is 6.35. The Labute approximate surface area is 120 Å². The van der Waals surface area contributed by atoms with E-state index in [4.69, 9.17) is 0 Å². The van der Waals surface area contributed by atoms with Crippen molar-refractivity contribution in [1.82, 2.24) is 15.3 Å². The van der Waals surface area contributed by atoms with Crippen molar-refractivity contribution in [3.8, 4) is 0 Å². The summed E-state index contributed by atoms with van der Waals surface area (Å²) in [5, 5.41) is 8.82. The van der Waals surface area contributed by atoms with E-state index in [2.05, 4.69) is 39.7 Å². The van der Waals surface area contributed by atoms with Gasteiger partial charge in [0.2, 0.25) is 0 Å². The van der Waals surface area contributed by atoms with Gasteiger partial charge in [-0.25, -0.2) is 4.98 Å². The van der Waals surface area contributed by atoms with Crippen molar-refractivity contribution in [1.29, 1.82) is 0 Å². The van der Waals surface area contributed by atoms with Crippen LogP contribution in [-0.4, -0.2) is 16.5 Å². The van der Waals surface area contributed by atoms with Gasteiger partial charge in [-0.15, -0.1) is 22.7 Å². The molecular weight excluding hydrogens is 274 g/mol. The lowest BCUT2D eigenvalue weighted by Gasteiger charge is -2.13. The summed E-state index contributed by atoms with van der Waals surface area (Å²) in [6.07, 6.45) is 4.81. The van der Waals surface area contributed by atoms with Crippen LogP contribution in [0.4, 0.5) is 0 Å². The molecule has 0 aromatic carbocycles. The van der Waals surface area contributed by atoms with E-state index in [1.54, 1.807) is 22.7 Å². The number of fused-ring (bicyclic) bond motifs is 1. The van der Waals surface area contributed by atoms with Crippen LogP contribution < -0.4 is 5.32 Å². The molecule has 0 amide bonds. The lowest BCUT2D eigenvalue weighted by Crippen LogP contribution is -2.21. The highest BCUT2D eigenvalue weighted by molar-refractivity contribution is 7.17. The molecule has 0 saturated heterocycles. The van der Waals surface area contributed by atoms with E-state index in [-0.39, 0.29) is 0 Å². The zero-order valence-electron chi connectivity index (χ0n) is 10.7. The molecule has 5 heteroatoms. The van der Waals surface area contributed by atoms with Crippen LogP contribution in [0.5, 0.6) is 0 Å². The SMILES string of the molecule is CC(NCCc1nccs1)c1cnc2ccsc2c1. The highest BCUT2D eigenvalue weighted by Gasteiger charge is 2.07. The van der Waals surface area contributed by atoms with E-state index in [9.17, 15) is 0 Å². The van der Waals surface area contributed by atoms with Crippen molar-refractivity contribution in [3.05, 3.63) is 45.9 Å². The fourth-order valence-corrected chi connectivity index (χ4v) is 3.40. The Morgan fingerprint density at radius 3 is 3.05 bits per heavy atom. The van der Waals surface area contributed by atoms with Crippen LogP contribution >= 0.6 is 22.7 Å². The molecule has 0 aliphatic rings. The first-order valence-corrected chi connectivity index (χ1v) is 8.04. The molecule has 1 N–H and O–H groups in total. The predicted octanol–water partition coefficient (Wildman–Crippen LogP) is 3.65. The molecule has 0 bridgehead atoms. The van der Waals surface area contributed by atoms with E-state index < -0.39 is 0 Å². The molecule has 1 atom stereocenters. The molecule has 0 fully saturated rings. The number of rotatable bonds is 5. The van der Waals surface area contributed by atoms with Crippen molar-refractivity contribution in [2.45, 2.75) is 19.4 Å². The lowest BCUT2D eigenvalue weighted by atomic mass is 10.1. The number of hydrogen-bond donors (Lipinski definition) is 1. The molecule has 19 heavy (non-hydrogen) atoms. The maximum absolute atomic E-state index is 4.48. The molecule has 3 nitrogen and oxygen atoms in total. The Morgan fingerprint density at radius 2 is 2.21 bits per heavy atom. The summed E-state index contributed by atoms with van der Waals surface area (Å²) in [5.74, 6) is 0. The molecule has 0 aliphatic heterocycles.